The van der Waals surface area contributed by atoms with E-state index in [1.54, 1.807) is 6.07 Å². The lowest BCUT2D eigenvalue weighted by Crippen LogP contribution is -2.16. The quantitative estimate of drug-likeness (QED) is 0.857. The summed E-state index contributed by atoms with van der Waals surface area (Å²) in [6.07, 6.45) is -5.00. The lowest BCUT2D eigenvalue weighted by atomic mass is 10.2. The Balaban J connectivity index is 2.45. The second kappa shape index (κ2) is 6.07. The number of halogens is 4. The van der Waals surface area contributed by atoms with Crippen molar-refractivity contribution in [3.8, 4) is 5.75 Å². The van der Waals surface area contributed by atoms with Gasteiger partial charge in [0.15, 0.2) is 0 Å². The van der Waals surface area contributed by atoms with Crippen LogP contribution in [0.15, 0.2) is 47.4 Å². The number of ether oxygens (including phenoxy) is 1. The predicted octanol–water partition coefficient (Wildman–Crippen LogP) is 3.65. The summed E-state index contributed by atoms with van der Waals surface area (Å²) < 4.78 is 82.8. The summed E-state index contributed by atoms with van der Waals surface area (Å²) in [5.74, 6) is -1.36. The molecule has 0 spiro atoms. The highest BCUT2D eigenvalue weighted by Gasteiger charge is 2.35. The predicted molar refractivity (Wildman–Crippen MR) is 75.2 cm³/mol. The van der Waals surface area contributed by atoms with Crippen molar-refractivity contribution in [1.82, 2.24) is 0 Å². The Morgan fingerprint density at radius 1 is 1.09 bits per heavy atom. The van der Waals surface area contributed by atoms with Crippen LogP contribution in [0.3, 0.4) is 0 Å². The molecule has 0 aliphatic carbocycles. The van der Waals surface area contributed by atoms with E-state index >= 15 is 0 Å². The van der Waals surface area contributed by atoms with Crippen LogP contribution >= 0.6 is 0 Å². The molecular weight excluding hydrogens is 338 g/mol. The van der Waals surface area contributed by atoms with Crippen molar-refractivity contribution < 1.29 is 30.7 Å². The lowest BCUT2D eigenvalue weighted by molar-refractivity contribution is -0.140. The number of benzene rings is 2. The molecule has 23 heavy (non-hydrogen) atoms. The third kappa shape index (κ3) is 3.73. The molecule has 9 heteroatoms. The van der Waals surface area contributed by atoms with E-state index in [0.717, 1.165) is 6.07 Å². The van der Waals surface area contributed by atoms with Gasteiger partial charge in [0.1, 0.15) is 11.6 Å². The zero-order chi connectivity index (χ0) is 17.3. The van der Waals surface area contributed by atoms with Gasteiger partial charge in [-0.1, -0.05) is 12.1 Å². The Morgan fingerprint density at radius 3 is 2.35 bits per heavy atom. The Morgan fingerprint density at radius 2 is 1.74 bits per heavy atom. The maximum atomic E-state index is 13.2. The van der Waals surface area contributed by atoms with E-state index < -0.39 is 32.5 Å². The minimum absolute atomic E-state index is 0.0490. The average Bonchev–Trinajstić information content (AvgIpc) is 2.46. The largest absolute Gasteiger partial charge is 0.495 e. The van der Waals surface area contributed by atoms with E-state index in [4.69, 9.17) is 4.74 Å². The average molecular weight is 349 g/mol. The number of sulfonamides is 1. The summed E-state index contributed by atoms with van der Waals surface area (Å²) in [6, 6.07) is 7.42. The van der Waals surface area contributed by atoms with Gasteiger partial charge >= 0.3 is 6.18 Å². The molecule has 2 aromatic rings. The number of hydrogen-bond donors (Lipinski definition) is 1. The van der Waals surface area contributed by atoms with Crippen LogP contribution in [-0.2, 0) is 16.2 Å². The zero-order valence-corrected chi connectivity index (χ0v) is 12.5. The number of alkyl halides is 3. The first-order chi connectivity index (χ1) is 10.6. The van der Waals surface area contributed by atoms with Crippen LogP contribution in [0.4, 0.5) is 23.2 Å². The number of nitrogens with one attached hydrogen (secondary N) is 1. The number of anilines is 1. The standard InChI is InChI=1S/C14H11F4NO3S/c1-22-13-5-3-2-4-12(13)19-23(20,21)9-6-7-11(15)10(8-9)14(16,17)18/h2-8,19H,1H3. The van der Waals surface area contributed by atoms with Crippen molar-refractivity contribution >= 4 is 15.7 Å². The number of hydrogen-bond acceptors (Lipinski definition) is 3. The fourth-order valence-electron chi connectivity index (χ4n) is 1.82. The van der Waals surface area contributed by atoms with Gasteiger partial charge in [-0.15, -0.1) is 0 Å². The van der Waals surface area contributed by atoms with Gasteiger partial charge in [-0.2, -0.15) is 13.2 Å². The molecule has 0 saturated heterocycles. The van der Waals surface area contributed by atoms with Crippen LogP contribution in [0, 0.1) is 5.82 Å². The maximum absolute atomic E-state index is 13.2. The summed E-state index contributed by atoms with van der Waals surface area (Å²) >= 11 is 0. The van der Waals surface area contributed by atoms with Crippen LogP contribution in [0.1, 0.15) is 5.56 Å². The molecule has 0 aromatic heterocycles. The van der Waals surface area contributed by atoms with E-state index in [-0.39, 0.29) is 17.5 Å². The third-order valence-corrected chi connectivity index (χ3v) is 4.27. The fourth-order valence-corrected chi connectivity index (χ4v) is 2.92. The normalized spacial score (nSPS) is 12.0. The van der Waals surface area contributed by atoms with Gasteiger partial charge in [0, 0.05) is 0 Å². The zero-order valence-electron chi connectivity index (χ0n) is 11.7. The van der Waals surface area contributed by atoms with Crippen molar-refractivity contribution in [2.45, 2.75) is 11.1 Å². The summed E-state index contributed by atoms with van der Waals surface area (Å²) in [6.45, 7) is 0. The monoisotopic (exact) mass is 349 g/mol. The Bertz CT molecular complexity index is 819. The van der Waals surface area contributed by atoms with Crippen molar-refractivity contribution in [1.29, 1.82) is 0 Å². The molecule has 0 atom stereocenters. The highest BCUT2D eigenvalue weighted by molar-refractivity contribution is 7.92. The SMILES string of the molecule is COc1ccccc1NS(=O)(=O)c1ccc(F)c(C(F)(F)F)c1. The van der Waals surface area contributed by atoms with Crippen molar-refractivity contribution in [2.75, 3.05) is 11.8 Å². The Labute approximate surface area is 129 Å². The molecule has 0 aliphatic heterocycles. The fraction of sp³-hybridized carbons (Fsp3) is 0.143. The second-order valence-corrected chi connectivity index (χ2v) is 6.13. The van der Waals surface area contributed by atoms with Crippen LogP contribution in [-0.4, -0.2) is 15.5 Å². The van der Waals surface area contributed by atoms with E-state index in [1.807, 2.05) is 0 Å². The molecule has 2 rings (SSSR count). The number of methoxy groups -OCH3 is 1. The molecule has 124 valence electrons. The van der Waals surface area contributed by atoms with Crippen LogP contribution in [0.5, 0.6) is 5.75 Å². The number of para-hydroxylation sites is 2. The Kier molecular flexibility index (Phi) is 4.51. The lowest BCUT2D eigenvalue weighted by Gasteiger charge is -2.13. The van der Waals surface area contributed by atoms with Gasteiger partial charge in [0.2, 0.25) is 0 Å². The molecular formula is C14H11F4NO3S. The Hall–Kier alpha value is -2.29. The molecule has 0 amide bonds. The molecule has 0 saturated carbocycles. The highest BCUT2D eigenvalue weighted by Crippen LogP contribution is 2.33. The first kappa shape index (κ1) is 17.1. The van der Waals surface area contributed by atoms with E-state index in [9.17, 15) is 26.0 Å². The van der Waals surface area contributed by atoms with Crippen molar-refractivity contribution in [3.63, 3.8) is 0 Å². The van der Waals surface area contributed by atoms with Crippen LogP contribution in [0.25, 0.3) is 0 Å². The number of rotatable bonds is 4. The summed E-state index contributed by atoms with van der Waals surface area (Å²) in [4.78, 5) is -0.711. The van der Waals surface area contributed by atoms with E-state index in [2.05, 4.69) is 4.72 Å². The molecule has 0 bridgehead atoms. The van der Waals surface area contributed by atoms with Gasteiger partial charge in [-0.25, -0.2) is 12.8 Å². The molecule has 0 fully saturated rings. The summed E-state index contributed by atoms with van der Waals surface area (Å²) in [5.41, 5.74) is -1.60. The van der Waals surface area contributed by atoms with Crippen LogP contribution < -0.4 is 9.46 Å². The molecule has 1 N–H and O–H groups in total. The van der Waals surface area contributed by atoms with Gasteiger partial charge < -0.3 is 4.74 Å². The molecule has 2 aromatic carbocycles. The second-order valence-electron chi connectivity index (χ2n) is 4.45. The first-order valence-electron chi connectivity index (χ1n) is 6.18. The van der Waals surface area contributed by atoms with Crippen molar-refractivity contribution in [3.05, 3.63) is 53.8 Å². The smallest absolute Gasteiger partial charge is 0.419 e. The third-order valence-electron chi connectivity index (χ3n) is 2.90. The topological polar surface area (TPSA) is 55.4 Å². The molecule has 0 unspecified atom stereocenters. The van der Waals surface area contributed by atoms with Gasteiger partial charge in [0.05, 0.1) is 23.3 Å². The van der Waals surface area contributed by atoms with Crippen LogP contribution in [0.2, 0.25) is 0 Å². The van der Waals surface area contributed by atoms with Gasteiger partial charge in [-0.3, -0.25) is 4.72 Å². The summed E-state index contributed by atoms with van der Waals surface area (Å²) in [7, 11) is -3.03. The van der Waals surface area contributed by atoms with E-state index in [1.165, 1.54) is 25.3 Å². The first-order valence-corrected chi connectivity index (χ1v) is 7.66. The molecule has 4 nitrogen and oxygen atoms in total. The van der Waals surface area contributed by atoms with E-state index in [0.29, 0.717) is 6.07 Å². The molecule has 0 radical (unpaired) electrons. The van der Waals surface area contributed by atoms with Gasteiger partial charge in [0.25, 0.3) is 10.0 Å². The summed E-state index contributed by atoms with van der Waals surface area (Å²) in [5, 5.41) is 0. The molecule has 0 heterocycles. The minimum Gasteiger partial charge on any atom is -0.495 e. The molecule has 0 aliphatic rings. The van der Waals surface area contributed by atoms with Gasteiger partial charge in [-0.05, 0) is 30.3 Å². The van der Waals surface area contributed by atoms with Crippen molar-refractivity contribution in [2.24, 2.45) is 0 Å². The maximum Gasteiger partial charge on any atom is 0.419 e. The minimum atomic E-state index is -5.00. The highest BCUT2D eigenvalue weighted by atomic mass is 32.2.